The lowest BCUT2D eigenvalue weighted by atomic mass is 9.85. The zero-order valence-electron chi connectivity index (χ0n) is 10.1. The Balaban J connectivity index is 1.98. The highest BCUT2D eigenvalue weighted by molar-refractivity contribution is 4.88. The minimum atomic E-state index is 0.797. The fourth-order valence-electron chi connectivity index (χ4n) is 3.23. The molecule has 88 valence electrons. The lowest BCUT2D eigenvalue weighted by Gasteiger charge is -2.42. The van der Waals surface area contributed by atoms with Crippen LogP contribution in [0, 0.1) is 11.8 Å². The smallest absolute Gasteiger partial charge is 0.0171 e. The van der Waals surface area contributed by atoms with E-state index in [-0.39, 0.29) is 0 Å². The molecule has 2 aliphatic heterocycles. The van der Waals surface area contributed by atoms with Crippen LogP contribution >= 0.6 is 0 Å². The molecular formula is C12H25N3. The van der Waals surface area contributed by atoms with Gasteiger partial charge in [0.05, 0.1) is 0 Å². The van der Waals surface area contributed by atoms with Crippen molar-refractivity contribution >= 4 is 0 Å². The summed E-state index contributed by atoms with van der Waals surface area (Å²) >= 11 is 0. The zero-order valence-corrected chi connectivity index (χ0v) is 10.1. The molecule has 2 heterocycles. The highest BCUT2D eigenvalue weighted by atomic mass is 15.2. The van der Waals surface area contributed by atoms with Crippen LogP contribution in [0.3, 0.4) is 0 Å². The van der Waals surface area contributed by atoms with E-state index in [4.69, 9.17) is 0 Å². The molecule has 2 aliphatic rings. The first-order valence-electron chi connectivity index (χ1n) is 6.44. The van der Waals surface area contributed by atoms with Crippen molar-refractivity contribution in [2.75, 3.05) is 39.3 Å². The average Bonchev–Trinajstić information content (AvgIpc) is 2.46. The number of hydrogen-bond acceptors (Lipinski definition) is 3. The van der Waals surface area contributed by atoms with E-state index in [9.17, 15) is 0 Å². The summed E-state index contributed by atoms with van der Waals surface area (Å²) in [7, 11) is 0. The molecule has 15 heavy (non-hydrogen) atoms. The summed E-state index contributed by atoms with van der Waals surface area (Å²) in [6.07, 6.45) is 1.31. The van der Waals surface area contributed by atoms with Gasteiger partial charge in [0.15, 0.2) is 0 Å². The first-order valence-corrected chi connectivity index (χ1v) is 6.44. The van der Waals surface area contributed by atoms with Crippen molar-refractivity contribution in [1.29, 1.82) is 0 Å². The number of piperidine rings is 1. The van der Waals surface area contributed by atoms with Gasteiger partial charge in [0.2, 0.25) is 0 Å². The van der Waals surface area contributed by atoms with E-state index < -0.39 is 0 Å². The maximum Gasteiger partial charge on any atom is 0.0171 e. The standard InChI is InChI=1S/C12H25N3/c1-10-8-14-9-11(2)12(10)15-6-3-4-13-5-7-15/h10-14H,3-9H2,1-2H3. The van der Waals surface area contributed by atoms with Crippen molar-refractivity contribution in [1.82, 2.24) is 15.5 Å². The van der Waals surface area contributed by atoms with Gasteiger partial charge in [-0.1, -0.05) is 13.8 Å². The molecule has 2 fully saturated rings. The van der Waals surface area contributed by atoms with E-state index in [1.54, 1.807) is 0 Å². The normalized spacial score (nSPS) is 40.0. The lowest BCUT2D eigenvalue weighted by Crippen LogP contribution is -2.54. The molecule has 0 amide bonds. The Kier molecular flexibility index (Phi) is 4.00. The molecule has 0 aromatic rings. The number of nitrogens with one attached hydrogen (secondary N) is 2. The topological polar surface area (TPSA) is 27.3 Å². The molecule has 0 bridgehead atoms. The Bertz CT molecular complexity index is 177. The van der Waals surface area contributed by atoms with Gasteiger partial charge < -0.3 is 10.6 Å². The van der Waals surface area contributed by atoms with Gasteiger partial charge >= 0.3 is 0 Å². The van der Waals surface area contributed by atoms with Crippen molar-refractivity contribution in [3.05, 3.63) is 0 Å². The van der Waals surface area contributed by atoms with Gasteiger partial charge in [-0.25, -0.2) is 0 Å². The molecule has 0 saturated carbocycles. The van der Waals surface area contributed by atoms with Gasteiger partial charge in [-0.15, -0.1) is 0 Å². The molecule has 3 nitrogen and oxygen atoms in total. The predicted octanol–water partition coefficient (Wildman–Crippen LogP) is 0.526. The Hall–Kier alpha value is -0.120. The largest absolute Gasteiger partial charge is 0.316 e. The molecule has 2 atom stereocenters. The second-order valence-electron chi connectivity index (χ2n) is 5.24. The van der Waals surface area contributed by atoms with Crippen molar-refractivity contribution in [3.8, 4) is 0 Å². The zero-order chi connectivity index (χ0) is 10.7. The molecule has 3 heteroatoms. The van der Waals surface area contributed by atoms with Gasteiger partial charge in [-0.05, 0) is 44.4 Å². The predicted molar refractivity (Wildman–Crippen MR) is 64.0 cm³/mol. The highest BCUT2D eigenvalue weighted by Crippen LogP contribution is 2.23. The summed E-state index contributed by atoms with van der Waals surface area (Å²) in [5.74, 6) is 1.60. The van der Waals surface area contributed by atoms with Gasteiger partial charge in [-0.2, -0.15) is 0 Å². The van der Waals surface area contributed by atoms with Gasteiger partial charge in [0.1, 0.15) is 0 Å². The fraction of sp³-hybridized carbons (Fsp3) is 1.00. The van der Waals surface area contributed by atoms with Crippen LogP contribution in [0.15, 0.2) is 0 Å². The van der Waals surface area contributed by atoms with Gasteiger partial charge in [0.25, 0.3) is 0 Å². The van der Waals surface area contributed by atoms with Crippen molar-refractivity contribution in [2.45, 2.75) is 26.3 Å². The molecule has 2 N–H and O–H groups in total. The lowest BCUT2D eigenvalue weighted by molar-refractivity contribution is 0.0848. The second kappa shape index (κ2) is 5.28. The van der Waals surface area contributed by atoms with Crippen LogP contribution in [0.1, 0.15) is 20.3 Å². The molecular weight excluding hydrogens is 186 g/mol. The van der Waals surface area contributed by atoms with Crippen molar-refractivity contribution in [2.24, 2.45) is 11.8 Å². The maximum absolute atomic E-state index is 3.53. The minimum absolute atomic E-state index is 0.797. The minimum Gasteiger partial charge on any atom is -0.316 e. The third kappa shape index (κ3) is 2.71. The summed E-state index contributed by atoms with van der Waals surface area (Å²) in [6, 6.07) is 0.797. The molecule has 0 aromatic heterocycles. The quantitative estimate of drug-likeness (QED) is 0.662. The van der Waals surface area contributed by atoms with E-state index in [0.717, 1.165) is 17.9 Å². The van der Waals surface area contributed by atoms with Crippen LogP contribution in [-0.4, -0.2) is 50.2 Å². The van der Waals surface area contributed by atoms with Crippen molar-refractivity contribution in [3.63, 3.8) is 0 Å². The number of nitrogens with zero attached hydrogens (tertiary/aromatic N) is 1. The molecule has 2 unspecified atom stereocenters. The summed E-state index contributed by atoms with van der Waals surface area (Å²) in [5, 5.41) is 7.02. The maximum atomic E-state index is 3.53. The molecule has 2 saturated heterocycles. The molecule has 2 rings (SSSR count). The SMILES string of the molecule is CC1CNCC(C)C1N1CCCNCC1. The van der Waals surface area contributed by atoms with Crippen LogP contribution in [0.2, 0.25) is 0 Å². The van der Waals surface area contributed by atoms with E-state index in [1.165, 1.54) is 45.7 Å². The third-order valence-electron chi connectivity index (χ3n) is 3.89. The molecule has 0 radical (unpaired) electrons. The summed E-state index contributed by atoms with van der Waals surface area (Å²) in [6.45, 7) is 12.1. The summed E-state index contributed by atoms with van der Waals surface area (Å²) < 4.78 is 0. The van der Waals surface area contributed by atoms with E-state index in [1.807, 2.05) is 0 Å². The van der Waals surface area contributed by atoms with Gasteiger partial charge in [-0.3, -0.25) is 4.90 Å². The number of hydrogen-bond donors (Lipinski definition) is 2. The van der Waals surface area contributed by atoms with Crippen LogP contribution < -0.4 is 10.6 Å². The molecule has 0 aliphatic carbocycles. The third-order valence-corrected chi connectivity index (χ3v) is 3.89. The summed E-state index contributed by atoms with van der Waals surface area (Å²) in [5.41, 5.74) is 0. The van der Waals surface area contributed by atoms with Gasteiger partial charge in [0, 0.05) is 19.1 Å². The highest BCUT2D eigenvalue weighted by Gasteiger charge is 2.32. The van der Waals surface area contributed by atoms with Crippen LogP contribution in [0.25, 0.3) is 0 Å². The Morgan fingerprint density at radius 1 is 0.933 bits per heavy atom. The second-order valence-corrected chi connectivity index (χ2v) is 5.24. The number of rotatable bonds is 1. The Labute approximate surface area is 93.6 Å². The Morgan fingerprint density at radius 2 is 1.67 bits per heavy atom. The van der Waals surface area contributed by atoms with E-state index >= 15 is 0 Å². The summed E-state index contributed by atoms with van der Waals surface area (Å²) in [4.78, 5) is 2.72. The van der Waals surface area contributed by atoms with E-state index in [0.29, 0.717) is 0 Å². The van der Waals surface area contributed by atoms with Crippen molar-refractivity contribution < 1.29 is 0 Å². The first kappa shape index (κ1) is 11.4. The molecule has 0 aromatic carbocycles. The fourth-order valence-corrected chi connectivity index (χ4v) is 3.23. The molecule has 0 spiro atoms. The first-order chi connectivity index (χ1) is 7.29. The van der Waals surface area contributed by atoms with Crippen LogP contribution in [0.5, 0.6) is 0 Å². The van der Waals surface area contributed by atoms with Crippen LogP contribution in [-0.2, 0) is 0 Å². The van der Waals surface area contributed by atoms with E-state index in [2.05, 4.69) is 29.4 Å². The Morgan fingerprint density at radius 3 is 2.40 bits per heavy atom. The monoisotopic (exact) mass is 211 g/mol. The van der Waals surface area contributed by atoms with Crippen LogP contribution in [0.4, 0.5) is 0 Å². The average molecular weight is 211 g/mol.